The second-order valence-electron chi connectivity index (χ2n) is 6.88. The molecule has 8 heteroatoms. The molecule has 0 bridgehead atoms. The summed E-state index contributed by atoms with van der Waals surface area (Å²) in [6.07, 6.45) is 3.65. The van der Waals surface area contributed by atoms with Gasteiger partial charge in [0.1, 0.15) is 10.9 Å². The van der Waals surface area contributed by atoms with Crippen LogP contribution in [0, 0.1) is 0 Å². The predicted octanol–water partition coefficient (Wildman–Crippen LogP) is 4.10. The Morgan fingerprint density at radius 2 is 1.81 bits per heavy atom. The molecular formula is C23H20N2O4S2. The first-order valence-electron chi connectivity index (χ1n) is 9.41. The highest BCUT2D eigenvalue weighted by molar-refractivity contribution is 8.26. The van der Waals surface area contributed by atoms with Crippen LogP contribution >= 0.6 is 24.0 Å². The van der Waals surface area contributed by atoms with Gasteiger partial charge in [-0.2, -0.15) is 0 Å². The van der Waals surface area contributed by atoms with Gasteiger partial charge in [0, 0.05) is 5.69 Å². The largest absolute Gasteiger partial charge is 0.481 e. The van der Waals surface area contributed by atoms with Crippen LogP contribution in [0.15, 0.2) is 71.2 Å². The molecule has 1 fully saturated rings. The average molecular weight is 453 g/mol. The number of benzene rings is 2. The lowest BCUT2D eigenvalue weighted by Gasteiger charge is -2.14. The number of anilines is 1. The molecule has 158 valence electrons. The van der Waals surface area contributed by atoms with E-state index in [1.807, 2.05) is 43.3 Å². The number of hydrogen-bond donors (Lipinski definition) is 2. The molecule has 1 aliphatic heterocycles. The second kappa shape index (κ2) is 10.2. The van der Waals surface area contributed by atoms with Crippen molar-refractivity contribution in [2.75, 3.05) is 11.9 Å². The van der Waals surface area contributed by atoms with E-state index in [4.69, 9.17) is 17.3 Å². The molecule has 6 nitrogen and oxygen atoms in total. The number of rotatable bonds is 7. The Morgan fingerprint density at radius 3 is 2.45 bits per heavy atom. The third-order valence-electron chi connectivity index (χ3n) is 4.32. The van der Waals surface area contributed by atoms with Crippen molar-refractivity contribution in [3.8, 4) is 0 Å². The highest BCUT2D eigenvalue weighted by atomic mass is 32.2. The summed E-state index contributed by atoms with van der Waals surface area (Å²) in [5, 5.41) is 11.5. The van der Waals surface area contributed by atoms with Crippen molar-refractivity contribution < 1.29 is 19.5 Å². The fraction of sp³-hybridized carbons (Fsp3) is 0.130. The molecule has 2 aromatic rings. The van der Waals surface area contributed by atoms with Gasteiger partial charge in [0.15, 0.2) is 0 Å². The molecule has 2 N–H and O–H groups in total. The summed E-state index contributed by atoms with van der Waals surface area (Å²) in [4.78, 5) is 37.6. The molecule has 1 aliphatic rings. The van der Waals surface area contributed by atoms with Gasteiger partial charge in [-0.05, 0) is 41.8 Å². The summed E-state index contributed by atoms with van der Waals surface area (Å²) in [6, 6.07) is 16.3. The van der Waals surface area contributed by atoms with Crippen LogP contribution in [0.3, 0.4) is 0 Å². The van der Waals surface area contributed by atoms with Crippen LogP contribution in [0.2, 0.25) is 0 Å². The number of thiocarbonyl (C=S) groups is 1. The van der Waals surface area contributed by atoms with Gasteiger partial charge < -0.3 is 10.4 Å². The molecule has 2 amide bonds. The van der Waals surface area contributed by atoms with E-state index in [9.17, 15) is 14.4 Å². The van der Waals surface area contributed by atoms with Crippen molar-refractivity contribution in [2.45, 2.75) is 13.3 Å². The Morgan fingerprint density at radius 1 is 1.13 bits per heavy atom. The van der Waals surface area contributed by atoms with Gasteiger partial charge in [-0.3, -0.25) is 19.3 Å². The maximum absolute atomic E-state index is 12.7. The van der Waals surface area contributed by atoms with Crippen LogP contribution in [-0.4, -0.2) is 38.7 Å². The molecule has 1 heterocycles. The molecule has 0 atom stereocenters. The summed E-state index contributed by atoms with van der Waals surface area (Å²) in [5.41, 5.74) is 3.08. The van der Waals surface area contributed by atoms with E-state index in [0.717, 1.165) is 11.1 Å². The first-order chi connectivity index (χ1) is 14.8. The van der Waals surface area contributed by atoms with Crippen molar-refractivity contribution in [1.29, 1.82) is 0 Å². The maximum atomic E-state index is 12.7. The second-order valence-corrected chi connectivity index (χ2v) is 8.56. The number of carbonyl (C=O) groups is 3. The van der Waals surface area contributed by atoms with Crippen LogP contribution in [0.25, 0.3) is 6.08 Å². The number of carbonyl (C=O) groups excluding carboxylic acids is 2. The highest BCUT2D eigenvalue weighted by Gasteiger charge is 2.33. The normalized spacial score (nSPS) is 15.5. The molecule has 1 saturated heterocycles. The molecule has 3 rings (SSSR count). The zero-order valence-corrected chi connectivity index (χ0v) is 18.3. The van der Waals surface area contributed by atoms with Gasteiger partial charge >= 0.3 is 5.97 Å². The molecule has 2 aromatic carbocycles. The zero-order chi connectivity index (χ0) is 22.4. The number of aliphatic carboxylic acids is 1. The highest BCUT2D eigenvalue weighted by Crippen LogP contribution is 2.32. The lowest BCUT2D eigenvalue weighted by molar-refractivity contribution is -0.136. The van der Waals surface area contributed by atoms with Crippen LogP contribution in [0.4, 0.5) is 5.69 Å². The van der Waals surface area contributed by atoms with Gasteiger partial charge in [0.25, 0.3) is 5.91 Å². The van der Waals surface area contributed by atoms with Gasteiger partial charge in [0.05, 0.1) is 11.3 Å². The minimum absolute atomic E-state index is 0.0880. The monoisotopic (exact) mass is 452 g/mol. The maximum Gasteiger partial charge on any atom is 0.307 e. The molecule has 0 aromatic heterocycles. The number of thioether (sulfide) groups is 1. The smallest absolute Gasteiger partial charge is 0.307 e. The number of carboxylic acids is 1. The minimum atomic E-state index is -0.923. The number of allylic oxidation sites excluding steroid dienone is 2. The van der Waals surface area contributed by atoms with E-state index in [2.05, 4.69) is 5.32 Å². The van der Waals surface area contributed by atoms with Gasteiger partial charge in [-0.25, -0.2) is 0 Å². The molecule has 31 heavy (non-hydrogen) atoms. The first kappa shape index (κ1) is 22.5. The summed E-state index contributed by atoms with van der Waals surface area (Å²) in [5.74, 6) is -1.61. The molecule has 0 spiro atoms. The van der Waals surface area contributed by atoms with E-state index in [0.29, 0.717) is 20.5 Å². The Hall–Kier alpha value is -3.23. The van der Waals surface area contributed by atoms with E-state index < -0.39 is 5.97 Å². The SMILES string of the molecule is CC(/C=C1\SC(=S)N(CC(=O)Nc2ccc(CC(=O)O)cc2)C1=O)=C\c1ccccc1. The third kappa shape index (κ3) is 6.37. The van der Waals surface area contributed by atoms with Crippen molar-refractivity contribution in [1.82, 2.24) is 4.90 Å². The van der Waals surface area contributed by atoms with Crippen LogP contribution in [0.1, 0.15) is 18.1 Å². The van der Waals surface area contributed by atoms with Crippen molar-refractivity contribution >= 4 is 57.8 Å². The predicted molar refractivity (Wildman–Crippen MR) is 126 cm³/mol. The van der Waals surface area contributed by atoms with Crippen LogP contribution in [0.5, 0.6) is 0 Å². The van der Waals surface area contributed by atoms with Crippen molar-refractivity contribution in [2.24, 2.45) is 0 Å². The lowest BCUT2D eigenvalue weighted by atomic mass is 10.1. The Kier molecular flexibility index (Phi) is 7.38. The minimum Gasteiger partial charge on any atom is -0.481 e. The van der Waals surface area contributed by atoms with Crippen LogP contribution in [-0.2, 0) is 20.8 Å². The summed E-state index contributed by atoms with van der Waals surface area (Å²) in [6.45, 7) is 1.71. The number of amides is 2. The van der Waals surface area contributed by atoms with E-state index in [1.54, 1.807) is 30.3 Å². The zero-order valence-electron chi connectivity index (χ0n) is 16.7. The standard InChI is InChI=1S/C23H20N2O4S2/c1-15(11-16-5-3-2-4-6-16)12-19-22(29)25(23(30)31-19)14-20(26)24-18-9-7-17(8-10-18)13-21(27)28/h2-12H,13-14H2,1H3,(H,24,26)(H,27,28)/b15-11+,19-12-. The quantitative estimate of drug-likeness (QED) is 0.486. The van der Waals surface area contributed by atoms with Crippen molar-refractivity contribution in [3.05, 3.63) is 82.3 Å². The number of hydrogen-bond acceptors (Lipinski definition) is 5. The summed E-state index contributed by atoms with van der Waals surface area (Å²) < 4.78 is 0.329. The molecule has 0 unspecified atom stereocenters. The van der Waals surface area contributed by atoms with Crippen LogP contribution < -0.4 is 5.32 Å². The van der Waals surface area contributed by atoms with Gasteiger partial charge in [-0.1, -0.05) is 72.5 Å². The summed E-state index contributed by atoms with van der Waals surface area (Å²) in [7, 11) is 0. The topological polar surface area (TPSA) is 86.7 Å². The molecule has 0 radical (unpaired) electrons. The third-order valence-corrected chi connectivity index (χ3v) is 5.70. The number of nitrogens with one attached hydrogen (secondary N) is 1. The lowest BCUT2D eigenvalue weighted by Crippen LogP contribution is -2.36. The van der Waals surface area contributed by atoms with E-state index >= 15 is 0 Å². The molecular weight excluding hydrogens is 432 g/mol. The Bertz CT molecular complexity index is 1080. The van der Waals surface area contributed by atoms with Gasteiger partial charge in [-0.15, -0.1) is 0 Å². The Balaban J connectivity index is 1.62. The fourth-order valence-corrected chi connectivity index (χ4v) is 4.23. The fourth-order valence-electron chi connectivity index (χ4n) is 2.92. The number of nitrogens with zero attached hydrogens (tertiary/aromatic N) is 1. The van der Waals surface area contributed by atoms with E-state index in [-0.39, 0.29) is 24.8 Å². The summed E-state index contributed by atoms with van der Waals surface area (Å²) >= 11 is 6.46. The van der Waals surface area contributed by atoms with Gasteiger partial charge in [0.2, 0.25) is 5.91 Å². The molecule has 0 saturated carbocycles. The average Bonchev–Trinajstić information content (AvgIpc) is 2.97. The molecule has 0 aliphatic carbocycles. The first-order valence-corrected chi connectivity index (χ1v) is 10.6. The van der Waals surface area contributed by atoms with Crippen molar-refractivity contribution in [3.63, 3.8) is 0 Å². The number of carboxylic acid groups (broad SMARTS) is 1. The van der Waals surface area contributed by atoms with E-state index in [1.165, 1.54) is 16.7 Å². The Labute approximate surface area is 189 Å².